The molecule has 2 aliphatic heterocycles. The van der Waals surface area contributed by atoms with E-state index in [0.717, 1.165) is 5.56 Å². The Morgan fingerprint density at radius 2 is 1.92 bits per heavy atom. The van der Waals surface area contributed by atoms with E-state index in [-0.39, 0.29) is 17.2 Å². The molecule has 2 N–H and O–H groups in total. The van der Waals surface area contributed by atoms with E-state index in [9.17, 15) is 19.5 Å². The largest absolute Gasteiger partial charge is 0.480 e. The van der Waals surface area contributed by atoms with Gasteiger partial charge in [0.05, 0.1) is 0 Å². The highest BCUT2D eigenvalue weighted by molar-refractivity contribution is 8.01. The molecule has 2 aliphatic rings. The van der Waals surface area contributed by atoms with Crippen LogP contribution >= 0.6 is 11.8 Å². The van der Waals surface area contributed by atoms with Gasteiger partial charge in [0.15, 0.2) is 0 Å². The van der Waals surface area contributed by atoms with Crippen LogP contribution in [-0.4, -0.2) is 50.0 Å². The van der Waals surface area contributed by atoms with Crippen molar-refractivity contribution in [2.24, 2.45) is 0 Å². The van der Waals surface area contributed by atoms with Crippen LogP contribution in [0.5, 0.6) is 0 Å². The Balaban J connectivity index is 1.76. The van der Waals surface area contributed by atoms with E-state index in [4.69, 9.17) is 0 Å². The number of nitrogens with one attached hydrogen (secondary N) is 1. The van der Waals surface area contributed by atoms with Crippen molar-refractivity contribution in [2.45, 2.75) is 43.0 Å². The van der Waals surface area contributed by atoms with Gasteiger partial charge >= 0.3 is 5.97 Å². The minimum Gasteiger partial charge on any atom is -0.480 e. The van der Waals surface area contributed by atoms with Crippen LogP contribution in [0, 0.1) is 0 Å². The van der Waals surface area contributed by atoms with Crippen LogP contribution in [0.4, 0.5) is 0 Å². The number of carbonyl (C=O) groups excluding carboxylic acids is 2. The number of carboxylic acids is 1. The summed E-state index contributed by atoms with van der Waals surface area (Å²) >= 11 is 1.41. The predicted molar refractivity (Wildman–Crippen MR) is 95.8 cm³/mol. The lowest BCUT2D eigenvalue weighted by molar-refractivity contribution is -0.160. The zero-order chi connectivity index (χ0) is 18.4. The van der Waals surface area contributed by atoms with Gasteiger partial charge in [-0.2, -0.15) is 0 Å². The van der Waals surface area contributed by atoms with Crippen molar-refractivity contribution in [1.82, 2.24) is 10.2 Å². The third kappa shape index (κ3) is 2.82. The van der Waals surface area contributed by atoms with Crippen molar-refractivity contribution < 1.29 is 19.5 Å². The number of carboxylic acid groups (broad SMARTS) is 1. The maximum absolute atomic E-state index is 12.6. The fourth-order valence-corrected chi connectivity index (χ4v) is 5.04. The summed E-state index contributed by atoms with van der Waals surface area (Å²) in [5.41, 5.74) is 1.26. The van der Waals surface area contributed by atoms with Gasteiger partial charge in [-0.05, 0) is 26.3 Å². The zero-order valence-electron chi connectivity index (χ0n) is 14.2. The standard InChI is InChI=1S/C18H20N2O4S/c1-4-11(10-8-6-5-7-9-10)14(21)19-12-15(22)20-13(17(23)24)18(2,3)25-16(12)20/h4-9,12-13,16H,1-3H3,(H,19,21)(H,23,24)/t12?,13?,16-/m1/s1. The number of allylic oxidation sites excluding steroid dienone is 1. The molecule has 2 saturated heterocycles. The molecule has 1 aromatic carbocycles. The molecule has 1 aromatic rings. The van der Waals surface area contributed by atoms with Gasteiger partial charge in [0.2, 0.25) is 5.91 Å². The Morgan fingerprint density at radius 1 is 1.28 bits per heavy atom. The highest BCUT2D eigenvalue weighted by Crippen LogP contribution is 2.50. The predicted octanol–water partition coefficient (Wildman–Crippen LogP) is 1.72. The number of nitrogens with zero attached hydrogens (tertiary/aromatic N) is 1. The topological polar surface area (TPSA) is 86.7 Å². The molecule has 0 aliphatic carbocycles. The molecule has 0 aromatic heterocycles. The lowest BCUT2D eigenvalue weighted by atomic mass is 9.95. The molecule has 3 rings (SSSR count). The number of benzene rings is 1. The molecule has 2 heterocycles. The van der Waals surface area contributed by atoms with Gasteiger partial charge in [-0.3, -0.25) is 9.59 Å². The van der Waals surface area contributed by atoms with Crippen LogP contribution in [0.2, 0.25) is 0 Å². The number of β-lactam (4-membered cyclic amide) rings is 1. The number of rotatable bonds is 4. The van der Waals surface area contributed by atoms with Gasteiger partial charge in [0.1, 0.15) is 17.5 Å². The number of carbonyl (C=O) groups is 3. The van der Waals surface area contributed by atoms with Crippen molar-refractivity contribution in [3.63, 3.8) is 0 Å². The Labute approximate surface area is 150 Å². The number of amides is 2. The van der Waals surface area contributed by atoms with E-state index >= 15 is 0 Å². The Hall–Kier alpha value is -2.28. The molecule has 2 fully saturated rings. The monoisotopic (exact) mass is 360 g/mol. The van der Waals surface area contributed by atoms with E-state index < -0.39 is 22.8 Å². The molecule has 2 unspecified atom stereocenters. The van der Waals surface area contributed by atoms with E-state index in [1.54, 1.807) is 13.0 Å². The molecule has 0 radical (unpaired) electrons. The molecular weight excluding hydrogens is 340 g/mol. The summed E-state index contributed by atoms with van der Waals surface area (Å²) in [4.78, 5) is 37.9. The second kappa shape index (κ2) is 6.22. The van der Waals surface area contributed by atoms with Crippen molar-refractivity contribution in [3.8, 4) is 0 Å². The molecule has 3 atom stereocenters. The summed E-state index contributed by atoms with van der Waals surface area (Å²) in [6, 6.07) is 7.64. The summed E-state index contributed by atoms with van der Waals surface area (Å²) in [7, 11) is 0. The number of hydrogen-bond acceptors (Lipinski definition) is 4. The molecule has 2 amide bonds. The Morgan fingerprint density at radius 3 is 2.48 bits per heavy atom. The van der Waals surface area contributed by atoms with Gasteiger partial charge in [-0.1, -0.05) is 36.4 Å². The summed E-state index contributed by atoms with van der Waals surface area (Å²) in [6.45, 7) is 5.38. The van der Waals surface area contributed by atoms with E-state index in [1.165, 1.54) is 16.7 Å². The third-order valence-electron chi connectivity index (χ3n) is 4.58. The maximum Gasteiger partial charge on any atom is 0.327 e. The molecular formula is C18H20N2O4S. The summed E-state index contributed by atoms with van der Waals surface area (Å²) < 4.78 is -0.603. The third-order valence-corrected chi connectivity index (χ3v) is 6.15. The van der Waals surface area contributed by atoms with Crippen LogP contribution in [0.15, 0.2) is 36.4 Å². The van der Waals surface area contributed by atoms with Gasteiger partial charge in [-0.25, -0.2) is 4.79 Å². The SMILES string of the molecule is CC=C(C(=O)NC1C(=O)N2C(C(=O)O)C(C)(C)S[C@H]12)c1ccccc1. The number of thioether (sulfide) groups is 1. The minimum absolute atomic E-state index is 0.330. The van der Waals surface area contributed by atoms with E-state index in [2.05, 4.69) is 5.32 Å². The first-order valence-corrected chi connectivity index (χ1v) is 8.91. The minimum atomic E-state index is -1.02. The number of aliphatic carboxylic acids is 1. The first-order valence-electron chi connectivity index (χ1n) is 8.03. The van der Waals surface area contributed by atoms with Crippen LogP contribution in [0.1, 0.15) is 26.3 Å². The molecule has 0 spiro atoms. The lowest BCUT2D eigenvalue weighted by Crippen LogP contribution is -2.70. The van der Waals surface area contributed by atoms with Crippen molar-refractivity contribution in [2.75, 3.05) is 0 Å². The zero-order valence-corrected chi connectivity index (χ0v) is 15.0. The van der Waals surface area contributed by atoms with E-state index in [1.807, 2.05) is 44.2 Å². The summed E-state index contributed by atoms with van der Waals surface area (Å²) in [5, 5.41) is 11.9. The van der Waals surface area contributed by atoms with E-state index in [0.29, 0.717) is 5.57 Å². The van der Waals surface area contributed by atoms with Crippen LogP contribution in [0.3, 0.4) is 0 Å². The highest BCUT2D eigenvalue weighted by Gasteiger charge is 2.64. The summed E-state index contributed by atoms with van der Waals surface area (Å²) in [5.74, 6) is -1.69. The van der Waals surface area contributed by atoms with Gasteiger partial charge < -0.3 is 15.3 Å². The fourth-order valence-electron chi connectivity index (χ4n) is 3.41. The Kier molecular flexibility index (Phi) is 4.36. The summed E-state index contributed by atoms with van der Waals surface area (Å²) in [6.07, 6.45) is 1.71. The quantitative estimate of drug-likeness (QED) is 0.631. The van der Waals surface area contributed by atoms with Crippen molar-refractivity contribution >= 4 is 35.1 Å². The number of hydrogen-bond donors (Lipinski definition) is 2. The molecule has 6 nitrogen and oxygen atoms in total. The molecule has 0 saturated carbocycles. The first kappa shape index (κ1) is 17.5. The lowest BCUT2D eigenvalue weighted by Gasteiger charge is -2.43. The fraction of sp³-hybridized carbons (Fsp3) is 0.389. The van der Waals surface area contributed by atoms with Crippen LogP contribution < -0.4 is 5.32 Å². The smallest absolute Gasteiger partial charge is 0.327 e. The molecule has 25 heavy (non-hydrogen) atoms. The van der Waals surface area contributed by atoms with Crippen molar-refractivity contribution in [1.29, 1.82) is 0 Å². The first-order chi connectivity index (χ1) is 11.8. The average Bonchev–Trinajstić information content (AvgIpc) is 2.82. The molecule has 7 heteroatoms. The van der Waals surface area contributed by atoms with Crippen molar-refractivity contribution in [3.05, 3.63) is 42.0 Å². The van der Waals surface area contributed by atoms with Gasteiger partial charge in [0, 0.05) is 10.3 Å². The maximum atomic E-state index is 12.6. The molecule has 132 valence electrons. The average molecular weight is 360 g/mol. The highest BCUT2D eigenvalue weighted by atomic mass is 32.2. The second-order valence-electron chi connectivity index (χ2n) is 6.62. The van der Waals surface area contributed by atoms with Crippen LogP contribution in [0.25, 0.3) is 5.57 Å². The molecule has 0 bridgehead atoms. The second-order valence-corrected chi connectivity index (χ2v) is 8.39. The van der Waals surface area contributed by atoms with Gasteiger partial charge in [0.25, 0.3) is 5.91 Å². The van der Waals surface area contributed by atoms with Crippen LogP contribution in [-0.2, 0) is 14.4 Å². The van der Waals surface area contributed by atoms with Gasteiger partial charge in [-0.15, -0.1) is 11.8 Å². The normalized spacial score (nSPS) is 27.5. The Bertz CT molecular complexity index is 760. The number of fused-ring (bicyclic) bond motifs is 1.